The van der Waals surface area contributed by atoms with Crippen molar-refractivity contribution in [1.29, 1.82) is 0 Å². The van der Waals surface area contributed by atoms with Gasteiger partial charge in [0.15, 0.2) is 0 Å². The fourth-order valence-corrected chi connectivity index (χ4v) is 3.63. The average molecular weight is 416 g/mol. The Morgan fingerprint density at radius 2 is 1.53 bits per heavy atom. The van der Waals surface area contributed by atoms with E-state index in [1.165, 1.54) is 16.2 Å². The van der Waals surface area contributed by atoms with Crippen LogP contribution in [0.4, 0.5) is 13.2 Å². The molecule has 3 rings (SSSR count). The van der Waals surface area contributed by atoms with Crippen molar-refractivity contribution in [3.05, 3.63) is 95.3 Å². The van der Waals surface area contributed by atoms with Crippen molar-refractivity contribution in [3.63, 3.8) is 0 Å². The number of aromatic nitrogens is 1. The molecule has 30 heavy (non-hydrogen) atoms. The van der Waals surface area contributed by atoms with Crippen molar-refractivity contribution < 1.29 is 18.1 Å². The highest BCUT2D eigenvalue weighted by Crippen LogP contribution is 2.29. The lowest BCUT2D eigenvalue weighted by atomic mass is 10.1. The van der Waals surface area contributed by atoms with Gasteiger partial charge in [-0.2, -0.15) is 13.2 Å². The molecule has 0 bridgehead atoms. The minimum atomic E-state index is -4.30. The van der Waals surface area contributed by atoms with E-state index in [2.05, 4.69) is 48.7 Å². The molecule has 160 valence electrons. The van der Waals surface area contributed by atoms with Crippen molar-refractivity contribution in [2.45, 2.75) is 46.1 Å². The normalized spacial score (nSPS) is 13.0. The first-order valence-electron chi connectivity index (χ1n) is 10.5. The molecule has 1 heterocycles. The summed E-state index contributed by atoms with van der Waals surface area (Å²) < 4.78 is 40.6. The molecule has 0 aliphatic carbocycles. The van der Waals surface area contributed by atoms with E-state index in [9.17, 15) is 13.2 Å². The van der Waals surface area contributed by atoms with Crippen molar-refractivity contribution in [3.8, 4) is 0 Å². The zero-order valence-electron chi connectivity index (χ0n) is 17.6. The first-order valence-corrected chi connectivity index (χ1v) is 10.5. The molecule has 0 amide bonds. The van der Waals surface area contributed by atoms with Crippen molar-refractivity contribution in [2.24, 2.45) is 5.92 Å². The maximum Gasteiger partial charge on any atom is 0.416 e. The van der Waals surface area contributed by atoms with E-state index >= 15 is 0 Å². The van der Waals surface area contributed by atoms with Gasteiger partial charge in [0.25, 0.3) is 0 Å². The van der Waals surface area contributed by atoms with E-state index < -0.39 is 11.7 Å². The summed E-state index contributed by atoms with van der Waals surface area (Å²) in [7, 11) is 0. The molecule has 0 aliphatic rings. The van der Waals surface area contributed by atoms with Gasteiger partial charge in [0, 0.05) is 18.3 Å². The van der Waals surface area contributed by atoms with Gasteiger partial charge in [-0.15, -0.1) is 0 Å². The van der Waals surface area contributed by atoms with Crippen LogP contribution in [0.15, 0.2) is 72.9 Å². The molecular formula is C25H30F3N2+. The molecule has 1 aromatic heterocycles. The zero-order valence-corrected chi connectivity index (χ0v) is 17.6. The van der Waals surface area contributed by atoms with Crippen molar-refractivity contribution >= 4 is 0 Å². The predicted octanol–water partition coefficient (Wildman–Crippen LogP) is 5.19. The third kappa shape index (κ3) is 6.49. The van der Waals surface area contributed by atoms with E-state index in [0.717, 1.165) is 43.8 Å². The molecular weight excluding hydrogens is 385 g/mol. The smallest absolute Gasteiger partial charge is 0.342 e. The third-order valence-corrected chi connectivity index (χ3v) is 5.36. The molecule has 2 nitrogen and oxygen atoms in total. The largest absolute Gasteiger partial charge is 0.416 e. The van der Waals surface area contributed by atoms with Crippen LogP contribution in [0.3, 0.4) is 0 Å². The molecule has 1 N–H and O–H groups in total. The van der Waals surface area contributed by atoms with Crippen LogP contribution in [0.5, 0.6) is 0 Å². The Morgan fingerprint density at radius 3 is 2.17 bits per heavy atom. The Bertz CT molecular complexity index is 896. The molecule has 2 aromatic carbocycles. The lowest BCUT2D eigenvalue weighted by Crippen LogP contribution is -3.09. The van der Waals surface area contributed by atoms with E-state index in [-0.39, 0.29) is 0 Å². The number of alkyl halides is 3. The number of quaternary nitrogens is 1. The van der Waals surface area contributed by atoms with Crippen molar-refractivity contribution in [2.75, 3.05) is 6.54 Å². The first kappa shape index (κ1) is 22.2. The molecule has 0 saturated carbocycles. The maximum absolute atomic E-state index is 12.8. The Kier molecular flexibility index (Phi) is 7.38. The number of rotatable bonds is 9. The van der Waals surface area contributed by atoms with Crippen LogP contribution in [0.2, 0.25) is 0 Å². The molecule has 1 unspecified atom stereocenters. The van der Waals surface area contributed by atoms with E-state index in [1.807, 2.05) is 18.3 Å². The Labute approximate surface area is 177 Å². The second-order valence-electron chi connectivity index (χ2n) is 8.34. The van der Waals surface area contributed by atoms with Gasteiger partial charge in [0.1, 0.15) is 13.1 Å². The minimum absolute atomic E-state index is 0.573. The van der Waals surface area contributed by atoms with E-state index in [1.54, 1.807) is 12.1 Å². The topological polar surface area (TPSA) is 9.37 Å². The number of nitrogens with one attached hydrogen (secondary N) is 1. The first-order chi connectivity index (χ1) is 14.3. The molecule has 0 saturated heterocycles. The molecule has 0 spiro atoms. The van der Waals surface area contributed by atoms with Gasteiger partial charge in [-0.1, -0.05) is 56.3 Å². The minimum Gasteiger partial charge on any atom is -0.342 e. The summed E-state index contributed by atoms with van der Waals surface area (Å²) in [5, 5.41) is 0. The quantitative estimate of drug-likeness (QED) is 0.493. The van der Waals surface area contributed by atoms with Crippen LogP contribution >= 0.6 is 0 Å². The van der Waals surface area contributed by atoms with E-state index in [4.69, 9.17) is 0 Å². The van der Waals surface area contributed by atoms with Gasteiger partial charge >= 0.3 is 6.18 Å². The van der Waals surface area contributed by atoms with Gasteiger partial charge < -0.3 is 9.47 Å². The Morgan fingerprint density at radius 1 is 0.833 bits per heavy atom. The molecule has 3 aromatic rings. The van der Waals surface area contributed by atoms with Crippen LogP contribution < -0.4 is 4.90 Å². The number of halogens is 3. The molecule has 1 atom stereocenters. The predicted molar refractivity (Wildman–Crippen MR) is 114 cm³/mol. The summed E-state index contributed by atoms with van der Waals surface area (Å²) in [5.41, 5.74) is 2.78. The molecule has 0 aliphatic heterocycles. The second kappa shape index (κ2) is 9.98. The lowest BCUT2D eigenvalue weighted by molar-refractivity contribution is -0.928. The standard InChI is InChI=1S/C25H29F3N2/c1-20(2)14-16-29(17-21-7-4-3-5-8-21)19-24-9-6-15-30(24)18-22-10-12-23(13-11-22)25(26,27)28/h3-13,15,20H,14,16-19H2,1-2H3/p+1. The summed E-state index contributed by atoms with van der Waals surface area (Å²) in [4.78, 5) is 1.49. The van der Waals surface area contributed by atoms with Gasteiger partial charge in [0.05, 0.1) is 17.8 Å². The summed E-state index contributed by atoms with van der Waals surface area (Å²) >= 11 is 0. The van der Waals surface area contributed by atoms with Gasteiger partial charge in [-0.25, -0.2) is 0 Å². The average Bonchev–Trinajstić information content (AvgIpc) is 3.13. The Balaban J connectivity index is 1.71. The van der Waals surface area contributed by atoms with Gasteiger partial charge in [0.2, 0.25) is 0 Å². The number of nitrogens with zero attached hydrogens (tertiary/aromatic N) is 1. The fraction of sp³-hybridized carbons (Fsp3) is 0.360. The molecule has 5 heteroatoms. The van der Waals surface area contributed by atoms with Crippen LogP contribution in [-0.2, 0) is 25.8 Å². The van der Waals surface area contributed by atoms with Crippen LogP contribution in [-0.4, -0.2) is 11.1 Å². The number of hydrogen-bond acceptors (Lipinski definition) is 0. The summed E-state index contributed by atoms with van der Waals surface area (Å²) in [6, 6.07) is 20.1. The fourth-order valence-electron chi connectivity index (χ4n) is 3.63. The van der Waals surface area contributed by atoms with Crippen LogP contribution in [0.25, 0.3) is 0 Å². The highest BCUT2D eigenvalue weighted by atomic mass is 19.4. The summed E-state index contributed by atoms with van der Waals surface area (Å²) in [5.74, 6) is 0.648. The maximum atomic E-state index is 12.8. The number of benzene rings is 2. The summed E-state index contributed by atoms with van der Waals surface area (Å²) in [6.45, 7) is 7.98. The Hall–Kier alpha value is -2.53. The van der Waals surface area contributed by atoms with Gasteiger partial charge in [-0.05, 0) is 42.2 Å². The molecule has 0 fully saturated rings. The number of hydrogen-bond donors (Lipinski definition) is 1. The SMILES string of the molecule is CC(C)CC[NH+](Cc1ccccc1)Cc1cccn1Cc1ccc(C(F)(F)F)cc1. The van der Waals surface area contributed by atoms with Gasteiger partial charge in [-0.3, -0.25) is 0 Å². The van der Waals surface area contributed by atoms with Crippen LogP contribution in [0.1, 0.15) is 42.7 Å². The molecule has 0 radical (unpaired) electrons. The highest BCUT2D eigenvalue weighted by molar-refractivity contribution is 5.25. The second-order valence-corrected chi connectivity index (χ2v) is 8.34. The summed E-state index contributed by atoms with van der Waals surface area (Å²) in [6.07, 6.45) is -1.13. The van der Waals surface area contributed by atoms with Crippen molar-refractivity contribution in [1.82, 2.24) is 4.57 Å². The third-order valence-electron chi connectivity index (χ3n) is 5.36. The highest BCUT2D eigenvalue weighted by Gasteiger charge is 2.29. The van der Waals surface area contributed by atoms with E-state index in [0.29, 0.717) is 12.5 Å². The van der Waals surface area contributed by atoms with Crippen LogP contribution in [0, 0.1) is 5.92 Å². The zero-order chi connectivity index (χ0) is 21.6. The monoisotopic (exact) mass is 415 g/mol. The lowest BCUT2D eigenvalue weighted by Gasteiger charge is -2.22.